The number of nitrogens with zero attached hydrogens (tertiary/aromatic N) is 1. The normalized spacial score (nSPS) is 27.3. The lowest BCUT2D eigenvalue weighted by Gasteiger charge is -2.20. The zero-order chi connectivity index (χ0) is 11.7. The summed E-state index contributed by atoms with van der Waals surface area (Å²) < 4.78 is 0. The molecule has 0 aromatic heterocycles. The van der Waals surface area contributed by atoms with E-state index in [1.54, 1.807) is 0 Å². The van der Waals surface area contributed by atoms with E-state index >= 15 is 0 Å². The van der Waals surface area contributed by atoms with Crippen molar-refractivity contribution in [2.75, 3.05) is 13.1 Å². The molecule has 2 rings (SSSR count). The van der Waals surface area contributed by atoms with Crippen molar-refractivity contribution in [3.05, 3.63) is 0 Å². The predicted molar refractivity (Wildman–Crippen MR) is 58.0 cm³/mol. The van der Waals surface area contributed by atoms with Gasteiger partial charge in [0, 0.05) is 12.6 Å². The molecule has 2 unspecified atom stereocenters. The van der Waals surface area contributed by atoms with Gasteiger partial charge in [0.1, 0.15) is 6.54 Å². The maximum atomic E-state index is 11.8. The SMILES string of the molecule is CC1CC1CNC(=O)N(CC(=O)O)C1CC1. The fraction of sp³-hybridized carbons (Fsp3) is 0.818. The lowest BCUT2D eigenvalue weighted by molar-refractivity contribution is -0.137. The summed E-state index contributed by atoms with van der Waals surface area (Å²) in [6, 6.07) is -0.0725. The molecular formula is C11H18N2O3. The summed E-state index contributed by atoms with van der Waals surface area (Å²) in [6.45, 7) is 2.66. The van der Waals surface area contributed by atoms with Crippen molar-refractivity contribution >= 4 is 12.0 Å². The van der Waals surface area contributed by atoms with Gasteiger partial charge in [-0.1, -0.05) is 6.92 Å². The van der Waals surface area contributed by atoms with E-state index in [1.807, 2.05) is 0 Å². The molecule has 90 valence electrons. The zero-order valence-electron chi connectivity index (χ0n) is 9.48. The lowest BCUT2D eigenvalue weighted by atomic mass is 10.3. The van der Waals surface area contributed by atoms with Crippen molar-refractivity contribution in [3.63, 3.8) is 0 Å². The summed E-state index contributed by atoms with van der Waals surface area (Å²) >= 11 is 0. The Labute approximate surface area is 94.8 Å². The topological polar surface area (TPSA) is 69.6 Å². The van der Waals surface area contributed by atoms with Crippen LogP contribution in [0.15, 0.2) is 0 Å². The van der Waals surface area contributed by atoms with E-state index in [1.165, 1.54) is 11.3 Å². The molecule has 2 atom stereocenters. The van der Waals surface area contributed by atoms with Gasteiger partial charge in [-0.3, -0.25) is 4.79 Å². The Balaban J connectivity index is 1.77. The summed E-state index contributed by atoms with van der Waals surface area (Å²) in [5.41, 5.74) is 0. The van der Waals surface area contributed by atoms with E-state index in [0.717, 1.165) is 12.8 Å². The van der Waals surface area contributed by atoms with Gasteiger partial charge in [-0.05, 0) is 31.1 Å². The second-order valence-electron chi connectivity index (χ2n) is 4.91. The maximum absolute atomic E-state index is 11.8. The number of hydrogen-bond acceptors (Lipinski definition) is 2. The number of amides is 2. The number of carbonyl (C=O) groups is 2. The van der Waals surface area contributed by atoms with Gasteiger partial charge in [-0.25, -0.2) is 4.79 Å². The number of carboxylic acid groups (broad SMARTS) is 1. The van der Waals surface area contributed by atoms with Crippen LogP contribution in [0.2, 0.25) is 0 Å². The summed E-state index contributed by atoms with van der Waals surface area (Å²) in [6.07, 6.45) is 3.03. The fourth-order valence-corrected chi connectivity index (χ4v) is 1.90. The second-order valence-corrected chi connectivity index (χ2v) is 4.91. The van der Waals surface area contributed by atoms with Gasteiger partial charge < -0.3 is 15.3 Å². The molecule has 2 amide bonds. The molecule has 0 aliphatic heterocycles. The van der Waals surface area contributed by atoms with Crippen LogP contribution in [0.25, 0.3) is 0 Å². The van der Waals surface area contributed by atoms with Crippen molar-refractivity contribution in [2.45, 2.75) is 32.2 Å². The molecule has 0 heterocycles. The quantitative estimate of drug-likeness (QED) is 0.731. The first kappa shape index (κ1) is 11.2. The first-order valence-corrected chi connectivity index (χ1v) is 5.84. The van der Waals surface area contributed by atoms with Crippen LogP contribution in [0.4, 0.5) is 4.79 Å². The van der Waals surface area contributed by atoms with Crippen LogP contribution in [0.3, 0.4) is 0 Å². The van der Waals surface area contributed by atoms with Crippen molar-refractivity contribution in [2.24, 2.45) is 11.8 Å². The first-order chi connectivity index (χ1) is 7.58. The Morgan fingerprint density at radius 2 is 2.06 bits per heavy atom. The lowest BCUT2D eigenvalue weighted by Crippen LogP contribution is -2.44. The smallest absolute Gasteiger partial charge is 0.323 e. The molecular weight excluding hydrogens is 208 g/mol. The number of carbonyl (C=O) groups excluding carboxylic acids is 1. The zero-order valence-corrected chi connectivity index (χ0v) is 9.48. The van der Waals surface area contributed by atoms with Crippen LogP contribution >= 0.6 is 0 Å². The van der Waals surface area contributed by atoms with Gasteiger partial charge in [-0.2, -0.15) is 0 Å². The Bertz CT molecular complexity index is 302. The van der Waals surface area contributed by atoms with Gasteiger partial charge in [0.2, 0.25) is 0 Å². The van der Waals surface area contributed by atoms with Crippen molar-refractivity contribution in [3.8, 4) is 0 Å². The summed E-state index contributed by atoms with van der Waals surface area (Å²) in [7, 11) is 0. The van der Waals surface area contributed by atoms with E-state index < -0.39 is 5.97 Å². The molecule has 2 fully saturated rings. The molecule has 16 heavy (non-hydrogen) atoms. The maximum Gasteiger partial charge on any atom is 0.323 e. The highest BCUT2D eigenvalue weighted by molar-refractivity contribution is 5.80. The van der Waals surface area contributed by atoms with Gasteiger partial charge in [0.25, 0.3) is 0 Å². The van der Waals surface area contributed by atoms with E-state index in [9.17, 15) is 9.59 Å². The minimum atomic E-state index is -0.943. The molecule has 2 aliphatic carbocycles. The minimum absolute atomic E-state index is 0.146. The number of hydrogen-bond donors (Lipinski definition) is 2. The molecule has 5 nitrogen and oxygen atoms in total. The van der Waals surface area contributed by atoms with Gasteiger partial charge in [0.05, 0.1) is 0 Å². The van der Waals surface area contributed by atoms with E-state index in [4.69, 9.17) is 5.11 Å². The van der Waals surface area contributed by atoms with Crippen molar-refractivity contribution in [1.82, 2.24) is 10.2 Å². The van der Waals surface area contributed by atoms with Gasteiger partial charge in [0.15, 0.2) is 0 Å². The Morgan fingerprint density at radius 1 is 1.44 bits per heavy atom. The number of rotatable bonds is 5. The fourth-order valence-electron chi connectivity index (χ4n) is 1.90. The largest absolute Gasteiger partial charge is 0.480 e. The van der Waals surface area contributed by atoms with Crippen LogP contribution in [0, 0.1) is 11.8 Å². The molecule has 0 spiro atoms. The van der Waals surface area contributed by atoms with E-state index in [0.29, 0.717) is 18.4 Å². The van der Waals surface area contributed by atoms with Crippen LogP contribution < -0.4 is 5.32 Å². The first-order valence-electron chi connectivity index (χ1n) is 5.84. The van der Waals surface area contributed by atoms with Gasteiger partial charge in [-0.15, -0.1) is 0 Å². The van der Waals surface area contributed by atoms with Crippen molar-refractivity contribution < 1.29 is 14.7 Å². The number of nitrogens with one attached hydrogen (secondary N) is 1. The highest BCUT2D eigenvalue weighted by Crippen LogP contribution is 2.36. The molecule has 5 heteroatoms. The van der Waals surface area contributed by atoms with Crippen molar-refractivity contribution in [1.29, 1.82) is 0 Å². The van der Waals surface area contributed by atoms with Gasteiger partial charge >= 0.3 is 12.0 Å². The van der Waals surface area contributed by atoms with Crippen LogP contribution in [0.5, 0.6) is 0 Å². The third-order valence-corrected chi connectivity index (χ3v) is 3.35. The van der Waals surface area contributed by atoms with Crippen LogP contribution in [0.1, 0.15) is 26.2 Å². The van der Waals surface area contributed by atoms with Crippen LogP contribution in [-0.2, 0) is 4.79 Å². The third-order valence-electron chi connectivity index (χ3n) is 3.35. The van der Waals surface area contributed by atoms with Crippen LogP contribution in [-0.4, -0.2) is 41.1 Å². The molecule has 2 saturated carbocycles. The molecule has 0 bridgehead atoms. The Morgan fingerprint density at radius 3 is 2.50 bits per heavy atom. The highest BCUT2D eigenvalue weighted by atomic mass is 16.4. The third kappa shape index (κ3) is 2.87. The predicted octanol–water partition coefficient (Wildman–Crippen LogP) is 0.901. The molecule has 0 aromatic rings. The summed E-state index contributed by atoms with van der Waals surface area (Å²) in [5.74, 6) is 0.353. The average Bonchev–Trinajstić information content (AvgIpc) is 3.07. The monoisotopic (exact) mass is 226 g/mol. The Hall–Kier alpha value is -1.26. The molecule has 0 radical (unpaired) electrons. The van der Waals surface area contributed by atoms with E-state index in [-0.39, 0.29) is 18.6 Å². The molecule has 0 saturated heterocycles. The average molecular weight is 226 g/mol. The Kier molecular flexibility index (Phi) is 3.03. The summed E-state index contributed by atoms with van der Waals surface area (Å²) in [5, 5.41) is 11.5. The standard InChI is InChI=1S/C11H18N2O3/c1-7-4-8(7)5-12-11(16)13(6-10(14)15)9-2-3-9/h7-9H,2-6H2,1H3,(H,12,16)(H,14,15). The minimum Gasteiger partial charge on any atom is -0.480 e. The summed E-state index contributed by atoms with van der Waals surface area (Å²) in [4.78, 5) is 23.8. The number of urea groups is 1. The molecule has 2 N–H and O–H groups in total. The molecule has 0 aromatic carbocycles. The number of aliphatic carboxylic acids is 1. The second kappa shape index (κ2) is 4.31. The molecule has 2 aliphatic rings. The highest BCUT2D eigenvalue weighted by Gasteiger charge is 2.36. The van der Waals surface area contributed by atoms with E-state index in [2.05, 4.69) is 12.2 Å². The number of carboxylic acids is 1.